The third-order valence-electron chi connectivity index (χ3n) is 9.54. The van der Waals surface area contributed by atoms with Crippen LogP contribution in [0.25, 0.3) is 10.9 Å². The van der Waals surface area contributed by atoms with Crippen LogP contribution in [0.1, 0.15) is 52.5 Å². The summed E-state index contributed by atoms with van der Waals surface area (Å²) in [6.45, 7) is 4.24. The molecule has 0 saturated carbocycles. The van der Waals surface area contributed by atoms with Gasteiger partial charge in [-0.15, -0.1) is 0 Å². The van der Waals surface area contributed by atoms with Crippen LogP contribution in [0.3, 0.4) is 0 Å². The molecule has 8 rings (SSSR count). The van der Waals surface area contributed by atoms with E-state index in [1.807, 2.05) is 0 Å². The van der Waals surface area contributed by atoms with Crippen LogP contribution in [0.5, 0.6) is 5.75 Å². The van der Waals surface area contributed by atoms with Crippen LogP contribution in [0.2, 0.25) is 0 Å². The Hall–Kier alpha value is -2.30. The zero-order valence-corrected chi connectivity index (χ0v) is 18.2. The highest BCUT2D eigenvalue weighted by molar-refractivity contribution is 5.90. The van der Waals surface area contributed by atoms with Crippen molar-refractivity contribution in [2.24, 2.45) is 0 Å². The average Bonchev–Trinajstić information content (AvgIpc) is 3.27. The van der Waals surface area contributed by atoms with Gasteiger partial charge in [0.15, 0.2) is 6.10 Å². The van der Waals surface area contributed by atoms with Gasteiger partial charge in [-0.05, 0) is 68.5 Å². The fourth-order valence-electron chi connectivity index (χ4n) is 8.26. The number of aromatic nitrogens is 1. The van der Waals surface area contributed by atoms with Gasteiger partial charge in [0.1, 0.15) is 5.75 Å². The average molecular weight is 413 g/mol. The number of piperidine rings is 1. The highest BCUT2D eigenvalue weighted by Gasteiger charge is 2.72. The number of aryl methyl sites for hydroxylation is 3. The van der Waals surface area contributed by atoms with Gasteiger partial charge in [0.05, 0.1) is 22.2 Å². The largest absolute Gasteiger partial charge is 0.483 e. The molecule has 3 aliphatic heterocycles. The number of rotatable bonds is 0. The van der Waals surface area contributed by atoms with E-state index in [0.717, 1.165) is 44.5 Å². The number of hydrogen-bond acceptors (Lipinski definition) is 3. The number of aliphatic hydroxyl groups is 1. The normalized spacial score (nSPS) is 34.4. The summed E-state index contributed by atoms with van der Waals surface area (Å²) < 4.78 is 9.55. The van der Waals surface area contributed by atoms with Crippen molar-refractivity contribution in [2.75, 3.05) is 13.6 Å². The first-order valence-corrected chi connectivity index (χ1v) is 11.9. The van der Waals surface area contributed by atoms with Crippen molar-refractivity contribution < 1.29 is 9.84 Å². The first-order valence-electron chi connectivity index (χ1n) is 11.9. The van der Waals surface area contributed by atoms with Crippen LogP contribution in [-0.4, -0.2) is 39.8 Å². The Labute approximate surface area is 182 Å². The molecule has 5 aliphatic rings. The van der Waals surface area contributed by atoms with Gasteiger partial charge in [-0.2, -0.15) is 0 Å². The minimum Gasteiger partial charge on any atom is -0.483 e. The van der Waals surface area contributed by atoms with Crippen molar-refractivity contribution >= 4 is 10.9 Å². The number of nitrogens with zero attached hydrogens (tertiary/aromatic N) is 2. The number of ether oxygens (including phenoxy) is 1. The maximum Gasteiger partial charge on any atom is 0.151 e. The molecule has 3 aromatic rings. The third kappa shape index (κ3) is 1.67. The molecule has 4 heterocycles. The maximum atomic E-state index is 12.7. The minimum atomic E-state index is -0.799. The molecule has 2 aliphatic carbocycles. The van der Waals surface area contributed by atoms with E-state index in [1.165, 1.54) is 50.8 Å². The molecule has 0 radical (unpaired) electrons. The highest BCUT2D eigenvalue weighted by Crippen LogP contribution is 2.68. The highest BCUT2D eigenvalue weighted by atomic mass is 16.5. The van der Waals surface area contributed by atoms with Crippen molar-refractivity contribution in [3.8, 4) is 5.75 Å². The van der Waals surface area contributed by atoms with Crippen LogP contribution in [0.4, 0.5) is 0 Å². The van der Waals surface area contributed by atoms with Crippen LogP contribution in [-0.2, 0) is 31.2 Å². The molecule has 2 bridgehead atoms. The molecule has 158 valence electrons. The smallest absolute Gasteiger partial charge is 0.151 e. The maximum absolute atomic E-state index is 12.7. The molecule has 4 atom stereocenters. The van der Waals surface area contributed by atoms with Crippen LogP contribution in [0.15, 0.2) is 30.3 Å². The fourth-order valence-corrected chi connectivity index (χ4v) is 8.26. The summed E-state index contributed by atoms with van der Waals surface area (Å²) >= 11 is 0. The molecule has 2 aromatic carbocycles. The molecule has 4 heteroatoms. The van der Waals surface area contributed by atoms with Crippen molar-refractivity contribution in [2.45, 2.75) is 68.7 Å². The van der Waals surface area contributed by atoms with Gasteiger partial charge < -0.3 is 19.3 Å². The zero-order valence-electron chi connectivity index (χ0n) is 18.2. The number of para-hydroxylation sites is 1. The first-order chi connectivity index (χ1) is 15.0. The van der Waals surface area contributed by atoms with E-state index < -0.39 is 5.60 Å². The van der Waals surface area contributed by atoms with E-state index in [2.05, 4.69) is 53.8 Å². The van der Waals surface area contributed by atoms with Crippen molar-refractivity contribution in [3.63, 3.8) is 0 Å². The molecule has 0 amide bonds. The van der Waals surface area contributed by atoms with Gasteiger partial charge in [0.2, 0.25) is 0 Å². The van der Waals surface area contributed by atoms with E-state index in [-0.39, 0.29) is 17.6 Å². The predicted octanol–water partition coefficient (Wildman–Crippen LogP) is 3.81. The number of likely N-dealkylation sites (N-methyl/N-ethyl adjacent to an activating group) is 1. The van der Waals surface area contributed by atoms with Crippen molar-refractivity contribution in [1.82, 2.24) is 9.47 Å². The molecule has 31 heavy (non-hydrogen) atoms. The zero-order chi connectivity index (χ0) is 20.7. The van der Waals surface area contributed by atoms with Crippen LogP contribution >= 0.6 is 0 Å². The predicted molar refractivity (Wildman–Crippen MR) is 120 cm³/mol. The number of benzene rings is 2. The topological polar surface area (TPSA) is 37.6 Å². The second-order valence-electron chi connectivity index (χ2n) is 10.7. The van der Waals surface area contributed by atoms with Gasteiger partial charge >= 0.3 is 0 Å². The molecule has 1 aromatic heterocycles. The Bertz CT molecular complexity index is 1320. The van der Waals surface area contributed by atoms with Gasteiger partial charge in [-0.25, -0.2) is 0 Å². The van der Waals surface area contributed by atoms with E-state index in [4.69, 9.17) is 4.74 Å². The second-order valence-corrected chi connectivity index (χ2v) is 10.7. The third-order valence-corrected chi connectivity index (χ3v) is 9.54. The first kappa shape index (κ1) is 17.3. The molecule has 1 spiro atoms. The van der Waals surface area contributed by atoms with E-state index in [0.29, 0.717) is 0 Å². The quantitative estimate of drug-likeness (QED) is 0.610. The lowest BCUT2D eigenvalue weighted by Crippen LogP contribution is -2.74. The Balaban J connectivity index is 1.53. The van der Waals surface area contributed by atoms with Gasteiger partial charge in [-0.1, -0.05) is 30.3 Å². The summed E-state index contributed by atoms with van der Waals surface area (Å²) in [6.07, 6.45) is 4.84. The Morgan fingerprint density at radius 2 is 2.03 bits per heavy atom. The SMILES string of the molecule is Cc1ccc2c3c1OC1c4c(c5cccc6c5n4CCC6)C[C@@]4(O)[C@@H](C2)N(C)CC[C@]314. The van der Waals surface area contributed by atoms with E-state index in [9.17, 15) is 5.11 Å². The second kappa shape index (κ2) is 5.19. The molecule has 1 N–H and O–H groups in total. The summed E-state index contributed by atoms with van der Waals surface area (Å²) in [5, 5.41) is 14.1. The van der Waals surface area contributed by atoms with E-state index in [1.54, 1.807) is 0 Å². The summed E-state index contributed by atoms with van der Waals surface area (Å²) in [5.74, 6) is 1.06. The Morgan fingerprint density at radius 1 is 1.13 bits per heavy atom. The lowest BCUT2D eigenvalue weighted by Gasteiger charge is -2.62. The molecule has 4 nitrogen and oxygen atoms in total. The lowest BCUT2D eigenvalue weighted by atomic mass is 9.49. The number of likely N-dealkylation sites (tertiary alicyclic amines) is 1. The summed E-state index contributed by atoms with van der Waals surface area (Å²) in [5.41, 5.74) is 8.36. The minimum absolute atomic E-state index is 0.0917. The molecular formula is C27H28N2O2. The van der Waals surface area contributed by atoms with Crippen molar-refractivity contribution in [3.05, 3.63) is 63.8 Å². The van der Waals surface area contributed by atoms with Gasteiger partial charge in [0.25, 0.3) is 0 Å². The Kier molecular flexibility index (Phi) is 2.89. The summed E-state index contributed by atoms with van der Waals surface area (Å²) in [4.78, 5) is 2.41. The summed E-state index contributed by atoms with van der Waals surface area (Å²) in [7, 11) is 2.20. The van der Waals surface area contributed by atoms with Crippen LogP contribution < -0.4 is 4.74 Å². The number of fused-ring (bicyclic) bond motifs is 4. The van der Waals surface area contributed by atoms with Gasteiger partial charge in [0, 0.05) is 30.0 Å². The Morgan fingerprint density at radius 3 is 2.94 bits per heavy atom. The monoisotopic (exact) mass is 412 g/mol. The van der Waals surface area contributed by atoms with Crippen molar-refractivity contribution in [1.29, 1.82) is 0 Å². The molecular weight excluding hydrogens is 384 g/mol. The molecule has 1 fully saturated rings. The number of hydrogen-bond donors (Lipinski definition) is 1. The standard InChI is InChI=1S/C27H28N2O2/c1-15-8-9-17-13-20-27(30)14-19-18-7-3-5-16-6-4-11-29(22(16)18)23(19)25-26(27,10-12-28(20)2)21(17)24(15)31-25/h3,5,7-9,20,25,30H,4,6,10-14H2,1-2H3/t20-,25?,26+,27-/m1/s1. The molecule has 1 unspecified atom stereocenters. The molecule has 1 saturated heterocycles. The lowest BCUT2D eigenvalue weighted by molar-refractivity contribution is -0.168. The summed E-state index contributed by atoms with van der Waals surface area (Å²) in [6, 6.07) is 11.4. The van der Waals surface area contributed by atoms with E-state index >= 15 is 0 Å². The van der Waals surface area contributed by atoms with Crippen LogP contribution in [0, 0.1) is 6.92 Å². The fraction of sp³-hybridized carbons (Fsp3) is 0.481. The van der Waals surface area contributed by atoms with Gasteiger partial charge in [-0.3, -0.25) is 0 Å².